The summed E-state index contributed by atoms with van der Waals surface area (Å²) < 4.78 is 67.7. The number of fused-ring (bicyclic) bond motifs is 2. The highest BCUT2D eigenvalue weighted by Gasteiger charge is 2.40. The Labute approximate surface area is 243 Å². The number of nitrogens with zero attached hydrogens (tertiary/aromatic N) is 3. The van der Waals surface area contributed by atoms with Gasteiger partial charge < -0.3 is 19.9 Å². The van der Waals surface area contributed by atoms with Crippen LogP contribution in [0, 0.1) is 6.92 Å². The molecule has 12 heteroatoms. The van der Waals surface area contributed by atoms with Crippen molar-refractivity contribution >= 4 is 21.7 Å². The fourth-order valence-corrected chi connectivity index (χ4v) is 7.09. The van der Waals surface area contributed by atoms with Gasteiger partial charge >= 0.3 is 6.18 Å². The number of aliphatic hydroxyl groups excluding tert-OH is 1. The minimum Gasteiger partial charge on any atom is -0.394 e. The molecule has 5 rings (SSSR count). The molecule has 8 nitrogen and oxygen atoms in total. The highest BCUT2D eigenvalue weighted by Crippen LogP contribution is 2.40. The van der Waals surface area contributed by atoms with Crippen molar-refractivity contribution in [2.45, 2.75) is 81.7 Å². The number of sulfone groups is 1. The summed E-state index contributed by atoms with van der Waals surface area (Å²) in [4.78, 5) is 20.7. The van der Waals surface area contributed by atoms with Crippen molar-refractivity contribution in [3.63, 3.8) is 0 Å². The third-order valence-corrected chi connectivity index (χ3v) is 10.3. The number of piperidine rings is 1. The fraction of sp³-hybridized carbons (Fsp3) is 0.467. The van der Waals surface area contributed by atoms with E-state index in [4.69, 9.17) is 4.98 Å². The number of hydrogen-bond donors (Lipinski definition) is 2. The fourth-order valence-electron chi connectivity index (χ4n) is 6.20. The zero-order valence-electron chi connectivity index (χ0n) is 23.6. The number of anilines is 1. The summed E-state index contributed by atoms with van der Waals surface area (Å²) in [5, 5.41) is 12.9. The van der Waals surface area contributed by atoms with Crippen molar-refractivity contribution < 1.29 is 31.5 Å². The first-order chi connectivity index (χ1) is 19.9. The minimum absolute atomic E-state index is 0.0526. The first-order valence-electron chi connectivity index (χ1n) is 14.2. The average molecular weight is 605 g/mol. The third kappa shape index (κ3) is 5.78. The van der Waals surface area contributed by atoms with E-state index < -0.39 is 40.1 Å². The Bertz CT molecular complexity index is 1540. The number of halogens is 3. The summed E-state index contributed by atoms with van der Waals surface area (Å²) in [5.74, 6) is -0.148. The van der Waals surface area contributed by atoms with Gasteiger partial charge in [-0.2, -0.15) is 13.2 Å². The Kier molecular flexibility index (Phi) is 8.39. The molecule has 0 aliphatic carbocycles. The number of alkyl halides is 3. The van der Waals surface area contributed by atoms with Crippen molar-refractivity contribution in [1.82, 2.24) is 14.9 Å². The molecule has 2 aliphatic rings. The molecule has 2 aliphatic heterocycles. The smallest absolute Gasteiger partial charge is 0.394 e. The lowest BCUT2D eigenvalue weighted by Crippen LogP contribution is -2.41. The molecule has 0 spiro atoms. The van der Waals surface area contributed by atoms with E-state index in [0.29, 0.717) is 17.2 Å². The highest BCUT2D eigenvalue weighted by atomic mass is 32.2. The quantitative estimate of drug-likeness (QED) is 0.355. The van der Waals surface area contributed by atoms with Gasteiger partial charge in [-0.3, -0.25) is 4.79 Å². The number of aliphatic hydroxyl groups is 1. The third-order valence-electron chi connectivity index (χ3n) is 8.50. The van der Waals surface area contributed by atoms with E-state index in [1.165, 1.54) is 24.3 Å². The SMILES string of the molecule is CCS(=O)(=O)c1ccc([C@@H](CO)NC(=O)c2nc(N3C4CCCC3CC4)n(Cc3ccccc3C(F)(F)F)c2C)cc1. The van der Waals surface area contributed by atoms with Crippen molar-refractivity contribution in [3.05, 3.63) is 76.6 Å². The summed E-state index contributed by atoms with van der Waals surface area (Å²) >= 11 is 0. The molecule has 2 bridgehead atoms. The molecule has 2 N–H and O–H groups in total. The largest absolute Gasteiger partial charge is 0.416 e. The van der Waals surface area contributed by atoms with Crippen LogP contribution in [0.1, 0.15) is 77.9 Å². The molecule has 2 aromatic carbocycles. The second-order valence-electron chi connectivity index (χ2n) is 11.0. The van der Waals surface area contributed by atoms with Gasteiger partial charge in [-0.1, -0.05) is 37.3 Å². The highest BCUT2D eigenvalue weighted by molar-refractivity contribution is 7.91. The van der Waals surface area contributed by atoms with Crippen molar-refractivity contribution in [3.8, 4) is 0 Å². The summed E-state index contributed by atoms with van der Waals surface area (Å²) in [6, 6.07) is 11.0. The lowest BCUT2D eigenvalue weighted by atomic mass is 10.0. The normalized spacial score (nSPS) is 19.6. The van der Waals surface area contributed by atoms with Gasteiger partial charge in [0.25, 0.3) is 5.91 Å². The van der Waals surface area contributed by atoms with E-state index in [-0.39, 0.29) is 40.5 Å². The van der Waals surface area contributed by atoms with Crippen molar-refractivity contribution in [1.29, 1.82) is 0 Å². The monoisotopic (exact) mass is 604 g/mol. The Morgan fingerprint density at radius 2 is 1.71 bits per heavy atom. The van der Waals surface area contributed by atoms with Crippen LogP contribution in [0.2, 0.25) is 0 Å². The van der Waals surface area contributed by atoms with E-state index in [2.05, 4.69) is 10.2 Å². The molecule has 3 aromatic rings. The summed E-state index contributed by atoms with van der Waals surface area (Å²) in [7, 11) is -3.41. The Hall–Kier alpha value is -3.38. The Morgan fingerprint density at radius 3 is 2.31 bits per heavy atom. The number of carbonyl (C=O) groups excluding carboxylic acids is 1. The van der Waals surface area contributed by atoms with Crippen LogP contribution in [0.15, 0.2) is 53.4 Å². The zero-order valence-corrected chi connectivity index (χ0v) is 24.4. The predicted octanol–water partition coefficient (Wildman–Crippen LogP) is 5.04. The maximum atomic E-state index is 13.9. The molecule has 0 saturated carbocycles. The van der Waals surface area contributed by atoms with Crippen molar-refractivity contribution in [2.75, 3.05) is 17.3 Å². The first kappa shape index (κ1) is 30.1. The van der Waals surface area contributed by atoms with E-state index in [1.54, 1.807) is 36.6 Å². The molecule has 3 heterocycles. The Balaban J connectivity index is 1.49. The topological polar surface area (TPSA) is 105 Å². The second-order valence-corrected chi connectivity index (χ2v) is 13.3. The van der Waals surface area contributed by atoms with Gasteiger partial charge in [-0.15, -0.1) is 0 Å². The number of imidazole rings is 1. The Morgan fingerprint density at radius 1 is 1.07 bits per heavy atom. The van der Waals surface area contributed by atoms with Gasteiger partial charge in [0.05, 0.1) is 35.4 Å². The number of aromatic nitrogens is 2. The molecule has 226 valence electrons. The first-order valence-corrected chi connectivity index (χ1v) is 15.8. The molecule has 0 radical (unpaired) electrons. The number of benzene rings is 2. The summed E-state index contributed by atoms with van der Waals surface area (Å²) in [5.41, 5.74) is 0.351. The number of hydrogen-bond acceptors (Lipinski definition) is 6. The number of rotatable bonds is 9. The van der Waals surface area contributed by atoms with Crippen LogP contribution in [0.5, 0.6) is 0 Å². The standard InChI is InChI=1S/C30H35F3N4O4S/c1-3-42(40,41)24-15-11-20(12-16-24)26(18-38)34-28(39)27-19(2)36(17-21-7-4-5-10-25(21)30(31,32)33)29(35-27)37-22-8-6-9-23(37)14-13-22/h4-5,7,10-12,15-16,22-23,26,38H,3,6,8-9,13-14,17-18H2,1-2H3,(H,34,39)/t22?,23?,26-/m1/s1. The van der Waals surface area contributed by atoms with Gasteiger partial charge in [0, 0.05) is 17.8 Å². The lowest BCUT2D eigenvalue weighted by Gasteiger charge is -2.36. The maximum Gasteiger partial charge on any atom is 0.416 e. The van der Waals surface area contributed by atoms with Gasteiger partial charge in [0.1, 0.15) is 0 Å². The predicted molar refractivity (Wildman–Crippen MR) is 152 cm³/mol. The van der Waals surface area contributed by atoms with Crippen LogP contribution in [-0.2, 0) is 22.6 Å². The van der Waals surface area contributed by atoms with E-state index in [9.17, 15) is 31.5 Å². The number of amides is 1. The minimum atomic E-state index is -4.53. The van der Waals surface area contributed by atoms with Crippen LogP contribution < -0.4 is 10.2 Å². The van der Waals surface area contributed by atoms with Gasteiger partial charge in [0.15, 0.2) is 15.5 Å². The van der Waals surface area contributed by atoms with E-state index in [0.717, 1.165) is 38.2 Å². The van der Waals surface area contributed by atoms with Crippen LogP contribution in [0.3, 0.4) is 0 Å². The van der Waals surface area contributed by atoms with Gasteiger partial charge in [-0.25, -0.2) is 13.4 Å². The lowest BCUT2D eigenvalue weighted by molar-refractivity contribution is -0.138. The molecule has 1 aromatic heterocycles. The number of carbonyl (C=O) groups is 1. The molecule has 42 heavy (non-hydrogen) atoms. The molecule has 2 unspecified atom stereocenters. The van der Waals surface area contributed by atoms with Gasteiger partial charge in [0.2, 0.25) is 5.95 Å². The molecule has 2 saturated heterocycles. The van der Waals surface area contributed by atoms with E-state index in [1.807, 2.05) is 0 Å². The van der Waals surface area contributed by atoms with Crippen molar-refractivity contribution in [2.24, 2.45) is 0 Å². The van der Waals surface area contributed by atoms with Gasteiger partial charge in [-0.05, 0) is 68.4 Å². The van der Waals surface area contributed by atoms with Crippen LogP contribution in [-0.4, -0.2) is 53.4 Å². The molecular formula is C30H35F3N4O4S. The summed E-state index contributed by atoms with van der Waals surface area (Å²) in [6.45, 7) is 2.66. The average Bonchev–Trinajstić information content (AvgIpc) is 3.41. The van der Waals surface area contributed by atoms with Crippen LogP contribution >= 0.6 is 0 Å². The molecule has 1 amide bonds. The summed E-state index contributed by atoms with van der Waals surface area (Å²) in [6.07, 6.45) is 0.391. The maximum absolute atomic E-state index is 13.9. The number of nitrogens with one attached hydrogen (secondary N) is 1. The van der Waals surface area contributed by atoms with E-state index >= 15 is 0 Å². The van der Waals surface area contributed by atoms with Crippen LogP contribution in [0.25, 0.3) is 0 Å². The molecular weight excluding hydrogens is 569 g/mol. The molecule has 2 fully saturated rings. The zero-order chi connectivity index (χ0) is 30.2. The molecule has 3 atom stereocenters. The van der Waals surface area contributed by atoms with Crippen LogP contribution in [0.4, 0.5) is 19.1 Å². The second kappa shape index (κ2) is 11.7.